The lowest BCUT2D eigenvalue weighted by molar-refractivity contribution is 0.0887. The van der Waals surface area contributed by atoms with Crippen molar-refractivity contribution in [3.63, 3.8) is 0 Å². The Labute approximate surface area is 200 Å². The fourth-order valence-electron chi connectivity index (χ4n) is 3.64. The molecule has 1 atom stereocenters. The summed E-state index contributed by atoms with van der Waals surface area (Å²) in [6.07, 6.45) is 2.85. The Morgan fingerprint density at radius 1 is 0.970 bits per heavy atom. The van der Waals surface area contributed by atoms with Gasteiger partial charge in [-0.05, 0) is 51.1 Å². The normalized spacial score (nSPS) is 12.6. The highest BCUT2D eigenvalue weighted by molar-refractivity contribution is 6.31. The minimum Gasteiger partial charge on any atom is -0.447 e. The van der Waals surface area contributed by atoms with Crippen LogP contribution in [-0.4, -0.2) is 34.1 Å². The number of halogens is 2. The van der Waals surface area contributed by atoms with Crippen LogP contribution in [0, 0.1) is 0 Å². The van der Waals surface area contributed by atoms with Crippen molar-refractivity contribution in [2.45, 2.75) is 32.4 Å². The van der Waals surface area contributed by atoms with E-state index in [1.54, 1.807) is 36.7 Å². The van der Waals surface area contributed by atoms with Crippen molar-refractivity contribution in [3.05, 3.63) is 70.0 Å². The number of amides is 2. The van der Waals surface area contributed by atoms with Gasteiger partial charge < -0.3 is 25.3 Å². The fourth-order valence-corrected chi connectivity index (χ4v) is 3.98. The fraction of sp³-hybridized carbons (Fsp3) is 0.250. The van der Waals surface area contributed by atoms with E-state index in [1.165, 1.54) is 0 Å². The lowest BCUT2D eigenvalue weighted by Gasteiger charge is -2.22. The van der Waals surface area contributed by atoms with Gasteiger partial charge in [0.25, 0.3) is 5.91 Å². The molecule has 2 heterocycles. The van der Waals surface area contributed by atoms with Crippen molar-refractivity contribution in [1.82, 2.24) is 20.6 Å². The van der Waals surface area contributed by atoms with E-state index >= 15 is 0 Å². The smallest absolute Gasteiger partial charge is 0.407 e. The highest BCUT2D eigenvalue weighted by atomic mass is 35.5. The van der Waals surface area contributed by atoms with Crippen LogP contribution in [0.4, 0.5) is 4.79 Å². The van der Waals surface area contributed by atoms with Crippen molar-refractivity contribution in [2.24, 2.45) is 0 Å². The molecule has 2 aromatic carbocycles. The van der Waals surface area contributed by atoms with Crippen LogP contribution in [0.3, 0.4) is 0 Å². The second kappa shape index (κ2) is 9.00. The molecule has 0 saturated carbocycles. The number of aromatic nitrogens is 2. The molecule has 4 rings (SSSR count). The first-order valence-corrected chi connectivity index (χ1v) is 11.2. The largest absolute Gasteiger partial charge is 0.447 e. The Morgan fingerprint density at radius 2 is 1.67 bits per heavy atom. The minimum absolute atomic E-state index is 0.0682. The Balaban J connectivity index is 1.63. The maximum Gasteiger partial charge on any atom is 0.407 e. The maximum absolute atomic E-state index is 13.2. The molecule has 0 aliphatic rings. The second-order valence-electron chi connectivity index (χ2n) is 8.83. The minimum atomic E-state index is -0.618. The third kappa shape index (κ3) is 5.26. The average molecular weight is 487 g/mol. The first-order chi connectivity index (χ1) is 15.6. The number of nitrogens with one attached hydrogen (secondary N) is 4. The van der Waals surface area contributed by atoms with Crippen LogP contribution in [0.2, 0.25) is 10.0 Å². The van der Waals surface area contributed by atoms with Gasteiger partial charge in [0.1, 0.15) is 6.61 Å². The summed E-state index contributed by atoms with van der Waals surface area (Å²) in [5.41, 5.74) is 2.38. The van der Waals surface area contributed by atoms with E-state index in [4.69, 9.17) is 27.9 Å². The van der Waals surface area contributed by atoms with Gasteiger partial charge in [-0.3, -0.25) is 4.79 Å². The van der Waals surface area contributed by atoms with Crippen molar-refractivity contribution < 1.29 is 14.3 Å². The van der Waals surface area contributed by atoms with Gasteiger partial charge >= 0.3 is 6.09 Å². The molecule has 0 aliphatic carbocycles. The van der Waals surface area contributed by atoms with Gasteiger partial charge in [0.2, 0.25) is 0 Å². The Kier molecular flexibility index (Phi) is 6.28. The summed E-state index contributed by atoms with van der Waals surface area (Å²) in [6.45, 7) is 5.51. The zero-order valence-corrected chi connectivity index (χ0v) is 19.9. The predicted molar refractivity (Wildman–Crippen MR) is 131 cm³/mol. The Morgan fingerprint density at radius 3 is 2.42 bits per heavy atom. The van der Waals surface area contributed by atoms with E-state index in [9.17, 15) is 9.59 Å². The standard InChI is InChI=1S/C24H24Cl2N4O3/c1-24(2,3)30-23(32)33-12-21(17-10-27-19-7-5-13(25)8-16(17)19)29-22(31)18-11-28-20-9-14(26)4-6-15(18)20/h4-11,21,27-28H,12H2,1-3H3,(H,29,31)(H,30,32). The molecule has 2 amide bonds. The summed E-state index contributed by atoms with van der Waals surface area (Å²) >= 11 is 12.3. The summed E-state index contributed by atoms with van der Waals surface area (Å²) in [5, 5.41) is 8.46. The highest BCUT2D eigenvalue weighted by Crippen LogP contribution is 2.28. The first-order valence-electron chi connectivity index (χ1n) is 10.4. The molecule has 7 nitrogen and oxygen atoms in total. The summed E-state index contributed by atoms with van der Waals surface area (Å²) in [6, 6.07) is 10.1. The van der Waals surface area contributed by atoms with Crippen LogP contribution >= 0.6 is 23.2 Å². The topological polar surface area (TPSA) is 99.0 Å². The molecular formula is C24H24Cl2N4O3. The number of hydrogen-bond donors (Lipinski definition) is 4. The quantitative estimate of drug-likeness (QED) is 0.280. The maximum atomic E-state index is 13.2. The molecule has 0 spiro atoms. The monoisotopic (exact) mass is 486 g/mol. The van der Waals surface area contributed by atoms with Crippen molar-refractivity contribution in [3.8, 4) is 0 Å². The summed E-state index contributed by atoms with van der Waals surface area (Å²) in [5.74, 6) is -0.315. The van der Waals surface area contributed by atoms with Crippen molar-refractivity contribution in [1.29, 1.82) is 0 Å². The van der Waals surface area contributed by atoms with Gasteiger partial charge in [0.05, 0.1) is 11.6 Å². The third-order valence-electron chi connectivity index (χ3n) is 5.10. The first kappa shape index (κ1) is 23.0. The number of alkyl carbamates (subject to hydrolysis) is 1. The number of fused-ring (bicyclic) bond motifs is 2. The predicted octanol–water partition coefficient (Wildman–Crippen LogP) is 5.95. The highest BCUT2D eigenvalue weighted by Gasteiger charge is 2.24. The third-order valence-corrected chi connectivity index (χ3v) is 5.57. The van der Waals surface area contributed by atoms with E-state index in [-0.39, 0.29) is 12.5 Å². The van der Waals surface area contributed by atoms with Crippen LogP contribution in [0.25, 0.3) is 21.8 Å². The zero-order valence-electron chi connectivity index (χ0n) is 18.4. The van der Waals surface area contributed by atoms with Gasteiger partial charge in [0, 0.05) is 55.3 Å². The number of carbonyl (C=O) groups is 2. The molecule has 0 saturated heterocycles. The molecule has 4 aromatic rings. The number of H-pyrrole nitrogens is 2. The zero-order chi connectivity index (χ0) is 23.8. The van der Waals surface area contributed by atoms with Crippen molar-refractivity contribution in [2.75, 3.05) is 6.61 Å². The van der Waals surface area contributed by atoms with Gasteiger partial charge in [-0.1, -0.05) is 29.3 Å². The molecule has 0 fully saturated rings. The molecular weight excluding hydrogens is 463 g/mol. The van der Waals surface area contributed by atoms with Crippen molar-refractivity contribution >= 4 is 57.0 Å². The number of aromatic amines is 2. The number of benzene rings is 2. The van der Waals surface area contributed by atoms with E-state index in [0.29, 0.717) is 15.6 Å². The summed E-state index contributed by atoms with van der Waals surface area (Å²) in [7, 11) is 0. The number of rotatable bonds is 5. The lowest BCUT2D eigenvalue weighted by atomic mass is 10.1. The van der Waals surface area contributed by atoms with Crippen LogP contribution in [-0.2, 0) is 4.74 Å². The van der Waals surface area contributed by atoms with Gasteiger partial charge in [-0.2, -0.15) is 0 Å². The Hall–Kier alpha value is -3.16. The number of hydrogen-bond acceptors (Lipinski definition) is 3. The SMILES string of the molecule is CC(C)(C)NC(=O)OCC(NC(=O)c1c[nH]c2cc(Cl)ccc12)c1c[nH]c2ccc(Cl)cc12. The number of ether oxygens (including phenoxy) is 1. The van der Waals surface area contributed by atoms with Crippen LogP contribution in [0.1, 0.15) is 42.7 Å². The van der Waals surface area contributed by atoms with E-state index in [2.05, 4.69) is 20.6 Å². The van der Waals surface area contributed by atoms with Crippen LogP contribution in [0.15, 0.2) is 48.8 Å². The van der Waals surface area contributed by atoms with Gasteiger partial charge in [0.15, 0.2) is 0 Å². The summed E-state index contributed by atoms with van der Waals surface area (Å²) < 4.78 is 5.47. The molecule has 9 heteroatoms. The molecule has 0 bridgehead atoms. The van der Waals surface area contributed by atoms with E-state index in [1.807, 2.05) is 32.9 Å². The molecule has 4 N–H and O–H groups in total. The molecule has 33 heavy (non-hydrogen) atoms. The molecule has 0 radical (unpaired) electrons. The van der Waals surface area contributed by atoms with Gasteiger partial charge in [-0.25, -0.2) is 4.79 Å². The second-order valence-corrected chi connectivity index (χ2v) is 9.70. The van der Waals surface area contributed by atoms with Gasteiger partial charge in [-0.15, -0.1) is 0 Å². The average Bonchev–Trinajstić information content (AvgIpc) is 3.33. The number of carbonyl (C=O) groups excluding carboxylic acids is 2. The van der Waals surface area contributed by atoms with E-state index in [0.717, 1.165) is 27.4 Å². The van der Waals surface area contributed by atoms with E-state index < -0.39 is 17.7 Å². The molecule has 1 unspecified atom stereocenters. The molecule has 0 aliphatic heterocycles. The molecule has 2 aromatic heterocycles. The lowest BCUT2D eigenvalue weighted by Crippen LogP contribution is -2.42. The van der Waals surface area contributed by atoms with Crippen LogP contribution in [0.5, 0.6) is 0 Å². The van der Waals surface area contributed by atoms with Crippen LogP contribution < -0.4 is 10.6 Å². The molecule has 172 valence electrons. The Bertz CT molecular complexity index is 1340. The summed E-state index contributed by atoms with van der Waals surface area (Å²) in [4.78, 5) is 31.8.